The lowest BCUT2D eigenvalue weighted by molar-refractivity contribution is -0.170. The van der Waals surface area contributed by atoms with E-state index >= 15 is 0 Å². The van der Waals surface area contributed by atoms with Crippen molar-refractivity contribution < 1.29 is 22.7 Å². The number of para-hydroxylation sites is 2. The maximum Gasteiger partial charge on any atom is 0.471 e. The zero-order chi connectivity index (χ0) is 12.3. The molecule has 0 unspecified atom stereocenters. The molecule has 0 aliphatic carbocycles. The average molecular weight is 233 g/mol. The Balaban J connectivity index is 3.05. The van der Waals surface area contributed by atoms with Crippen molar-refractivity contribution in [1.82, 2.24) is 0 Å². The molecule has 0 aliphatic heterocycles. The Morgan fingerprint density at radius 2 is 1.88 bits per heavy atom. The summed E-state index contributed by atoms with van der Waals surface area (Å²) in [5, 5.41) is 0. The van der Waals surface area contributed by atoms with Gasteiger partial charge in [0.25, 0.3) is 0 Å². The van der Waals surface area contributed by atoms with Crippen molar-refractivity contribution in [2.45, 2.75) is 6.18 Å². The van der Waals surface area contributed by atoms with Crippen molar-refractivity contribution in [3.05, 3.63) is 24.3 Å². The molecule has 1 amide bonds. The second-order valence-electron chi connectivity index (χ2n) is 3.03. The molecule has 0 radical (unpaired) electrons. The lowest BCUT2D eigenvalue weighted by Crippen LogP contribution is -2.38. The first kappa shape index (κ1) is 12.4. The van der Waals surface area contributed by atoms with E-state index in [2.05, 4.69) is 0 Å². The molecule has 3 nitrogen and oxygen atoms in total. The molecule has 88 valence electrons. The summed E-state index contributed by atoms with van der Waals surface area (Å²) in [6, 6.07) is 5.99. The number of carbonyl (C=O) groups is 1. The predicted octanol–water partition coefficient (Wildman–Crippen LogP) is 2.22. The highest BCUT2D eigenvalue weighted by molar-refractivity contribution is 5.98. The van der Waals surface area contributed by atoms with Gasteiger partial charge in [-0.1, -0.05) is 12.1 Å². The molecule has 0 aliphatic rings. The molecular weight excluding hydrogens is 223 g/mol. The van der Waals surface area contributed by atoms with E-state index in [0.29, 0.717) is 4.90 Å². The van der Waals surface area contributed by atoms with Gasteiger partial charge in [0.2, 0.25) is 0 Å². The summed E-state index contributed by atoms with van der Waals surface area (Å²) in [6.07, 6.45) is -4.89. The van der Waals surface area contributed by atoms with Crippen LogP contribution >= 0.6 is 0 Å². The molecular formula is C10H10F3NO2. The van der Waals surface area contributed by atoms with E-state index < -0.39 is 12.1 Å². The highest BCUT2D eigenvalue weighted by Gasteiger charge is 2.42. The summed E-state index contributed by atoms with van der Waals surface area (Å²) in [5.74, 6) is -1.72. The minimum absolute atomic E-state index is 0.0762. The van der Waals surface area contributed by atoms with E-state index in [-0.39, 0.29) is 11.4 Å². The molecule has 0 fully saturated rings. The topological polar surface area (TPSA) is 29.5 Å². The SMILES string of the molecule is COc1ccccc1N(C)C(=O)C(F)(F)F. The third kappa shape index (κ3) is 2.44. The lowest BCUT2D eigenvalue weighted by atomic mass is 10.2. The van der Waals surface area contributed by atoms with Crippen LogP contribution in [0.1, 0.15) is 0 Å². The number of hydrogen-bond donors (Lipinski definition) is 0. The molecule has 0 spiro atoms. The second kappa shape index (κ2) is 4.42. The number of rotatable bonds is 2. The Labute approximate surface area is 90.4 Å². The van der Waals surface area contributed by atoms with E-state index in [0.717, 1.165) is 7.05 Å². The molecule has 1 aromatic carbocycles. The first-order valence-electron chi connectivity index (χ1n) is 4.36. The summed E-state index contributed by atoms with van der Waals surface area (Å²) in [7, 11) is 2.37. The summed E-state index contributed by atoms with van der Waals surface area (Å²) >= 11 is 0. The molecule has 0 heterocycles. The predicted molar refractivity (Wildman–Crippen MR) is 52.5 cm³/mol. The first-order valence-corrected chi connectivity index (χ1v) is 4.36. The molecule has 0 saturated carbocycles. The minimum Gasteiger partial charge on any atom is -0.495 e. The third-order valence-electron chi connectivity index (χ3n) is 1.99. The number of ether oxygens (including phenoxy) is 1. The highest BCUT2D eigenvalue weighted by atomic mass is 19.4. The van der Waals surface area contributed by atoms with Crippen molar-refractivity contribution >= 4 is 11.6 Å². The Kier molecular flexibility index (Phi) is 3.41. The lowest BCUT2D eigenvalue weighted by Gasteiger charge is -2.20. The van der Waals surface area contributed by atoms with Crippen molar-refractivity contribution in [2.24, 2.45) is 0 Å². The maximum atomic E-state index is 12.2. The number of anilines is 1. The van der Waals surface area contributed by atoms with E-state index in [1.54, 1.807) is 6.07 Å². The first-order chi connectivity index (χ1) is 7.38. The number of methoxy groups -OCH3 is 1. The standard InChI is InChI=1S/C10H10F3NO2/c1-14(9(15)10(11,12)13)7-5-3-4-6-8(7)16-2/h3-6H,1-2H3. The number of benzene rings is 1. The fourth-order valence-corrected chi connectivity index (χ4v) is 1.21. The molecule has 16 heavy (non-hydrogen) atoms. The van der Waals surface area contributed by atoms with Crippen molar-refractivity contribution in [1.29, 1.82) is 0 Å². The number of hydrogen-bond acceptors (Lipinski definition) is 2. The van der Waals surface area contributed by atoms with Crippen LogP contribution in [0.5, 0.6) is 5.75 Å². The van der Waals surface area contributed by atoms with Gasteiger partial charge >= 0.3 is 12.1 Å². The van der Waals surface area contributed by atoms with Gasteiger partial charge in [0, 0.05) is 7.05 Å². The van der Waals surface area contributed by atoms with Crippen molar-refractivity contribution in [3.8, 4) is 5.75 Å². The summed E-state index contributed by atoms with van der Waals surface area (Å²) < 4.78 is 41.4. The van der Waals surface area contributed by atoms with Gasteiger partial charge in [-0.3, -0.25) is 4.79 Å². The van der Waals surface area contributed by atoms with Crippen LogP contribution < -0.4 is 9.64 Å². The zero-order valence-electron chi connectivity index (χ0n) is 8.71. The van der Waals surface area contributed by atoms with Crippen LogP contribution in [0, 0.1) is 0 Å². The van der Waals surface area contributed by atoms with Gasteiger partial charge in [0.15, 0.2) is 0 Å². The normalized spacial score (nSPS) is 11.1. The van der Waals surface area contributed by atoms with E-state index in [9.17, 15) is 18.0 Å². The van der Waals surface area contributed by atoms with Gasteiger partial charge in [-0.05, 0) is 12.1 Å². The van der Waals surface area contributed by atoms with Crippen LogP contribution in [0.3, 0.4) is 0 Å². The van der Waals surface area contributed by atoms with Gasteiger partial charge in [-0.15, -0.1) is 0 Å². The highest BCUT2D eigenvalue weighted by Crippen LogP contribution is 2.29. The molecule has 1 aromatic rings. The number of alkyl halides is 3. The van der Waals surface area contributed by atoms with E-state index in [1.807, 2.05) is 0 Å². The number of nitrogens with zero attached hydrogens (tertiary/aromatic N) is 1. The number of halogens is 3. The van der Waals surface area contributed by atoms with E-state index in [1.165, 1.54) is 25.3 Å². The Hall–Kier alpha value is -1.72. The zero-order valence-corrected chi connectivity index (χ0v) is 8.71. The largest absolute Gasteiger partial charge is 0.495 e. The van der Waals surface area contributed by atoms with Crippen LogP contribution in [0.15, 0.2) is 24.3 Å². The molecule has 0 aromatic heterocycles. The van der Waals surface area contributed by atoms with Gasteiger partial charge in [-0.25, -0.2) is 0 Å². The third-order valence-corrected chi connectivity index (χ3v) is 1.99. The van der Waals surface area contributed by atoms with E-state index in [4.69, 9.17) is 4.74 Å². The second-order valence-corrected chi connectivity index (χ2v) is 3.03. The van der Waals surface area contributed by atoms with Crippen LogP contribution in [-0.4, -0.2) is 26.2 Å². The van der Waals surface area contributed by atoms with Crippen LogP contribution in [-0.2, 0) is 4.79 Å². The Bertz CT molecular complexity index is 390. The smallest absolute Gasteiger partial charge is 0.471 e. The molecule has 1 rings (SSSR count). The van der Waals surface area contributed by atoms with Crippen LogP contribution in [0.2, 0.25) is 0 Å². The molecule has 0 N–H and O–H groups in total. The summed E-state index contributed by atoms with van der Waals surface area (Å²) in [5.41, 5.74) is 0.0762. The summed E-state index contributed by atoms with van der Waals surface area (Å²) in [6.45, 7) is 0. The monoisotopic (exact) mass is 233 g/mol. The van der Waals surface area contributed by atoms with Crippen molar-refractivity contribution in [3.63, 3.8) is 0 Å². The van der Waals surface area contributed by atoms with Gasteiger partial charge in [0.05, 0.1) is 12.8 Å². The Morgan fingerprint density at radius 1 is 1.31 bits per heavy atom. The number of amides is 1. The maximum absolute atomic E-state index is 12.2. The van der Waals surface area contributed by atoms with Gasteiger partial charge in [-0.2, -0.15) is 13.2 Å². The average Bonchev–Trinajstić information content (AvgIpc) is 2.25. The molecule has 0 saturated heterocycles. The van der Waals surface area contributed by atoms with Gasteiger partial charge in [0.1, 0.15) is 5.75 Å². The van der Waals surface area contributed by atoms with Crippen LogP contribution in [0.25, 0.3) is 0 Å². The fourth-order valence-electron chi connectivity index (χ4n) is 1.21. The summed E-state index contributed by atoms with van der Waals surface area (Å²) in [4.78, 5) is 11.5. The van der Waals surface area contributed by atoms with Crippen molar-refractivity contribution in [2.75, 3.05) is 19.1 Å². The quantitative estimate of drug-likeness (QED) is 0.783. The van der Waals surface area contributed by atoms with Gasteiger partial charge < -0.3 is 9.64 Å². The molecule has 0 atom stereocenters. The molecule has 0 bridgehead atoms. The minimum atomic E-state index is -4.89. The van der Waals surface area contributed by atoms with Crippen LogP contribution in [0.4, 0.5) is 18.9 Å². The Morgan fingerprint density at radius 3 is 2.38 bits per heavy atom. The number of carbonyl (C=O) groups excluding carboxylic acids is 1. The fraction of sp³-hybridized carbons (Fsp3) is 0.300. The molecule has 6 heteroatoms.